The molecule has 0 amide bonds. The number of rotatable bonds is 3. The Labute approximate surface area is 47.3 Å². The molecule has 0 aliphatic rings. The molecular formula is C5H9FO2. The van der Waals surface area contributed by atoms with Crippen molar-refractivity contribution in [2.75, 3.05) is 0 Å². The van der Waals surface area contributed by atoms with Crippen LogP contribution in [0.3, 0.4) is 0 Å². The van der Waals surface area contributed by atoms with Gasteiger partial charge in [0.25, 0.3) is 0 Å². The summed E-state index contributed by atoms with van der Waals surface area (Å²) >= 11 is 0. The molecular weight excluding hydrogens is 111 g/mol. The van der Waals surface area contributed by atoms with E-state index in [-0.39, 0.29) is 12.8 Å². The van der Waals surface area contributed by atoms with Gasteiger partial charge in [0.2, 0.25) is 0 Å². The third kappa shape index (κ3) is 3.59. The summed E-state index contributed by atoms with van der Waals surface area (Å²) in [6.45, 7) is 1.62. The monoisotopic (exact) mass is 120 g/mol. The number of carbonyl (C=O) groups is 1. The lowest BCUT2D eigenvalue weighted by Gasteiger charge is -1.96. The Balaban J connectivity index is 3.24. The van der Waals surface area contributed by atoms with E-state index in [0.717, 1.165) is 0 Å². The second-order valence-corrected chi connectivity index (χ2v) is 1.60. The topological polar surface area (TPSA) is 37.3 Å². The Morgan fingerprint density at radius 3 is 2.50 bits per heavy atom. The normalized spacial score (nSPS) is 13.2. The fraction of sp³-hybridized carbons (Fsp3) is 0.800. The first-order chi connectivity index (χ1) is 3.66. The maximum Gasteiger partial charge on any atom is 0.306 e. The number of carboxylic acid groups (broad SMARTS) is 1. The van der Waals surface area contributed by atoms with Crippen LogP contribution in [0.4, 0.5) is 4.39 Å². The molecule has 0 aliphatic carbocycles. The molecule has 3 heteroatoms. The maximum absolute atomic E-state index is 12.0. The number of halogens is 1. The third-order valence-electron chi connectivity index (χ3n) is 0.839. The summed E-state index contributed by atoms with van der Waals surface area (Å²) in [6.07, 6.45) is -1.25. The molecule has 0 saturated carbocycles. The van der Waals surface area contributed by atoms with Gasteiger partial charge in [-0.15, -0.1) is 0 Å². The molecule has 0 bridgehead atoms. The number of aliphatic carboxylic acids is 1. The maximum atomic E-state index is 12.0. The minimum absolute atomic E-state index is 0.284. The Bertz CT molecular complexity index is 82.5. The van der Waals surface area contributed by atoms with Gasteiger partial charge in [0.05, 0.1) is 6.42 Å². The van der Waals surface area contributed by atoms with Crippen LogP contribution in [-0.2, 0) is 4.79 Å². The molecule has 0 radical (unpaired) electrons. The predicted molar refractivity (Wildman–Crippen MR) is 27.4 cm³/mol. The van der Waals surface area contributed by atoms with E-state index in [9.17, 15) is 9.18 Å². The highest BCUT2D eigenvalue weighted by atomic mass is 19.1. The molecule has 48 valence electrons. The molecule has 2 nitrogen and oxygen atoms in total. The summed E-state index contributed by atoms with van der Waals surface area (Å²) < 4.78 is 12.0. The standard InChI is InChI=1S/C5H9FO2/c1-2-4(6)3-5(7)8/h4H,2-3H2,1H3,(H,7,8)/t4-/m1/s1. The number of hydrogen-bond acceptors (Lipinski definition) is 1. The van der Waals surface area contributed by atoms with Crippen LogP contribution in [0, 0.1) is 0 Å². The van der Waals surface area contributed by atoms with Crippen molar-refractivity contribution in [1.29, 1.82) is 0 Å². The molecule has 0 spiro atoms. The Morgan fingerprint density at radius 2 is 2.38 bits per heavy atom. The van der Waals surface area contributed by atoms with Crippen molar-refractivity contribution in [2.45, 2.75) is 25.9 Å². The van der Waals surface area contributed by atoms with Gasteiger partial charge in [-0.3, -0.25) is 4.79 Å². The molecule has 1 N–H and O–H groups in total. The van der Waals surface area contributed by atoms with Crippen LogP contribution >= 0.6 is 0 Å². The predicted octanol–water partition coefficient (Wildman–Crippen LogP) is 1.21. The quantitative estimate of drug-likeness (QED) is 0.607. The number of alkyl halides is 1. The van der Waals surface area contributed by atoms with E-state index >= 15 is 0 Å². The summed E-state index contributed by atoms with van der Waals surface area (Å²) in [6, 6.07) is 0. The van der Waals surface area contributed by atoms with Gasteiger partial charge in [-0.05, 0) is 6.42 Å². The summed E-state index contributed by atoms with van der Waals surface area (Å²) in [5.41, 5.74) is 0. The SMILES string of the molecule is CC[C@@H](F)CC(=O)O. The van der Waals surface area contributed by atoms with Crippen molar-refractivity contribution < 1.29 is 14.3 Å². The molecule has 0 heterocycles. The smallest absolute Gasteiger partial charge is 0.306 e. The third-order valence-corrected chi connectivity index (χ3v) is 0.839. The van der Waals surface area contributed by atoms with Crippen molar-refractivity contribution in [3.05, 3.63) is 0 Å². The summed E-state index contributed by atoms with van der Waals surface area (Å²) in [5.74, 6) is -1.07. The van der Waals surface area contributed by atoms with E-state index in [4.69, 9.17) is 5.11 Å². The van der Waals surface area contributed by atoms with Gasteiger partial charge in [0, 0.05) is 0 Å². The highest BCUT2D eigenvalue weighted by Crippen LogP contribution is 2.00. The zero-order valence-electron chi connectivity index (χ0n) is 4.72. The minimum atomic E-state index is -1.17. The first-order valence-corrected chi connectivity index (χ1v) is 2.52. The lowest BCUT2D eigenvalue weighted by atomic mass is 10.2. The van der Waals surface area contributed by atoms with Crippen LogP contribution < -0.4 is 0 Å². The van der Waals surface area contributed by atoms with Crippen LogP contribution in [-0.4, -0.2) is 17.2 Å². The van der Waals surface area contributed by atoms with Crippen molar-refractivity contribution in [3.63, 3.8) is 0 Å². The molecule has 0 unspecified atom stereocenters. The van der Waals surface area contributed by atoms with Gasteiger partial charge in [0.1, 0.15) is 6.17 Å². The van der Waals surface area contributed by atoms with E-state index in [1.807, 2.05) is 0 Å². The molecule has 0 rings (SSSR count). The Morgan fingerprint density at radius 1 is 1.88 bits per heavy atom. The zero-order valence-corrected chi connectivity index (χ0v) is 4.72. The molecule has 8 heavy (non-hydrogen) atoms. The van der Waals surface area contributed by atoms with Crippen LogP contribution in [0.5, 0.6) is 0 Å². The highest BCUT2D eigenvalue weighted by molar-refractivity contribution is 5.67. The van der Waals surface area contributed by atoms with Gasteiger partial charge in [-0.1, -0.05) is 6.92 Å². The van der Waals surface area contributed by atoms with Gasteiger partial charge in [0.15, 0.2) is 0 Å². The van der Waals surface area contributed by atoms with E-state index in [1.54, 1.807) is 6.92 Å². The van der Waals surface area contributed by atoms with Gasteiger partial charge >= 0.3 is 5.97 Å². The summed E-state index contributed by atoms with van der Waals surface area (Å²) in [5, 5.41) is 7.98. The van der Waals surface area contributed by atoms with Gasteiger partial charge < -0.3 is 5.11 Å². The molecule has 0 aliphatic heterocycles. The van der Waals surface area contributed by atoms with Crippen molar-refractivity contribution in [3.8, 4) is 0 Å². The number of hydrogen-bond donors (Lipinski definition) is 1. The van der Waals surface area contributed by atoms with Crippen molar-refractivity contribution in [1.82, 2.24) is 0 Å². The largest absolute Gasteiger partial charge is 0.481 e. The summed E-state index contributed by atoms with van der Waals surface area (Å²) in [4.78, 5) is 9.73. The first kappa shape index (κ1) is 7.40. The fourth-order valence-corrected chi connectivity index (χ4v) is 0.334. The Kier molecular flexibility index (Phi) is 3.15. The molecule has 0 aromatic carbocycles. The van der Waals surface area contributed by atoms with Gasteiger partial charge in [-0.25, -0.2) is 4.39 Å². The fourth-order valence-electron chi connectivity index (χ4n) is 0.334. The van der Waals surface area contributed by atoms with E-state index < -0.39 is 12.1 Å². The molecule has 0 saturated heterocycles. The van der Waals surface area contributed by atoms with Crippen LogP contribution in [0.2, 0.25) is 0 Å². The van der Waals surface area contributed by atoms with Crippen molar-refractivity contribution in [2.24, 2.45) is 0 Å². The van der Waals surface area contributed by atoms with E-state index in [0.29, 0.717) is 0 Å². The first-order valence-electron chi connectivity index (χ1n) is 2.52. The van der Waals surface area contributed by atoms with Gasteiger partial charge in [-0.2, -0.15) is 0 Å². The van der Waals surface area contributed by atoms with E-state index in [1.165, 1.54) is 0 Å². The second-order valence-electron chi connectivity index (χ2n) is 1.60. The molecule has 0 fully saturated rings. The highest BCUT2D eigenvalue weighted by Gasteiger charge is 2.07. The average molecular weight is 120 g/mol. The lowest BCUT2D eigenvalue weighted by Crippen LogP contribution is -2.05. The average Bonchev–Trinajstić information content (AvgIpc) is 1.65. The number of carboxylic acids is 1. The molecule has 0 aromatic rings. The van der Waals surface area contributed by atoms with E-state index in [2.05, 4.69) is 0 Å². The Hall–Kier alpha value is -0.600. The minimum Gasteiger partial charge on any atom is -0.481 e. The molecule has 0 aromatic heterocycles. The van der Waals surface area contributed by atoms with Crippen molar-refractivity contribution >= 4 is 5.97 Å². The second kappa shape index (κ2) is 3.41. The van der Waals surface area contributed by atoms with Crippen LogP contribution in [0.1, 0.15) is 19.8 Å². The zero-order chi connectivity index (χ0) is 6.57. The van der Waals surface area contributed by atoms with Crippen LogP contribution in [0.25, 0.3) is 0 Å². The molecule has 1 atom stereocenters. The lowest BCUT2D eigenvalue weighted by molar-refractivity contribution is -0.138. The van der Waals surface area contributed by atoms with Crippen LogP contribution in [0.15, 0.2) is 0 Å². The summed E-state index contributed by atoms with van der Waals surface area (Å²) in [7, 11) is 0.